The lowest BCUT2D eigenvalue weighted by atomic mass is 9.98. The van der Waals surface area contributed by atoms with Gasteiger partial charge in [-0.25, -0.2) is 4.99 Å². The van der Waals surface area contributed by atoms with Crippen LogP contribution in [0.15, 0.2) is 53.5 Å². The molecular formula is C15H10BrN3O. The summed E-state index contributed by atoms with van der Waals surface area (Å²) >= 11 is 3.48. The zero-order valence-corrected chi connectivity index (χ0v) is 11.9. The second-order valence-electron chi connectivity index (χ2n) is 4.78. The Morgan fingerprint density at radius 1 is 1.00 bits per heavy atom. The lowest BCUT2D eigenvalue weighted by molar-refractivity contribution is -0.119. The first-order valence-corrected chi connectivity index (χ1v) is 7.04. The van der Waals surface area contributed by atoms with Gasteiger partial charge in [0.25, 0.3) is 5.91 Å². The molecule has 1 amide bonds. The Balaban J connectivity index is 1.97. The highest BCUT2D eigenvalue weighted by atomic mass is 79.9. The smallest absolute Gasteiger partial charge is 0.277 e. The van der Waals surface area contributed by atoms with E-state index in [9.17, 15) is 4.79 Å². The van der Waals surface area contributed by atoms with Crippen LogP contribution in [0.5, 0.6) is 0 Å². The maximum atomic E-state index is 12.5. The van der Waals surface area contributed by atoms with Gasteiger partial charge in [0.2, 0.25) is 5.66 Å². The standard InChI is InChI=1S/C15H10BrN3O/c16-13-9-5-1-3-7-11(9)18-15(19-13)10-6-2-4-8-12(10)17-14(15)20/h1-8,18H,(H,17,20). The highest BCUT2D eigenvalue weighted by molar-refractivity contribution is 9.18. The molecule has 4 nitrogen and oxygen atoms in total. The molecule has 1 spiro atoms. The summed E-state index contributed by atoms with van der Waals surface area (Å²) in [6.45, 7) is 0. The van der Waals surface area contributed by atoms with Crippen LogP contribution in [0.2, 0.25) is 0 Å². The van der Waals surface area contributed by atoms with Crippen molar-refractivity contribution in [2.75, 3.05) is 10.6 Å². The Bertz CT molecular complexity index is 771. The molecule has 1 unspecified atom stereocenters. The average Bonchev–Trinajstić information content (AvgIpc) is 2.72. The minimum absolute atomic E-state index is 0.162. The van der Waals surface area contributed by atoms with E-state index in [4.69, 9.17) is 0 Å². The van der Waals surface area contributed by atoms with Crippen molar-refractivity contribution in [3.05, 3.63) is 59.7 Å². The number of fused-ring (bicyclic) bond motifs is 3. The van der Waals surface area contributed by atoms with Crippen LogP contribution >= 0.6 is 15.9 Å². The minimum atomic E-state index is -1.08. The Morgan fingerprint density at radius 3 is 2.55 bits per heavy atom. The van der Waals surface area contributed by atoms with Crippen molar-refractivity contribution in [3.8, 4) is 0 Å². The van der Waals surface area contributed by atoms with Crippen molar-refractivity contribution >= 4 is 37.8 Å². The number of nitrogens with zero attached hydrogens (tertiary/aromatic N) is 1. The zero-order chi connectivity index (χ0) is 13.7. The third-order valence-corrected chi connectivity index (χ3v) is 4.23. The number of benzene rings is 2. The molecule has 0 bridgehead atoms. The Hall–Kier alpha value is -2.14. The monoisotopic (exact) mass is 327 g/mol. The number of carbonyl (C=O) groups excluding carboxylic acids is 1. The number of anilines is 2. The van der Waals surface area contributed by atoms with Gasteiger partial charge in [-0.2, -0.15) is 0 Å². The number of halogens is 1. The molecule has 4 rings (SSSR count). The summed E-state index contributed by atoms with van der Waals surface area (Å²) in [7, 11) is 0. The van der Waals surface area contributed by atoms with E-state index in [0.29, 0.717) is 4.62 Å². The van der Waals surface area contributed by atoms with E-state index in [0.717, 1.165) is 22.5 Å². The van der Waals surface area contributed by atoms with Crippen LogP contribution in [0, 0.1) is 0 Å². The van der Waals surface area contributed by atoms with Crippen molar-refractivity contribution in [1.82, 2.24) is 0 Å². The summed E-state index contributed by atoms with van der Waals surface area (Å²) in [5, 5.41) is 6.16. The average molecular weight is 328 g/mol. The summed E-state index contributed by atoms with van der Waals surface area (Å²) in [6, 6.07) is 15.4. The van der Waals surface area contributed by atoms with E-state index in [1.165, 1.54) is 0 Å². The molecule has 98 valence electrons. The predicted octanol–water partition coefficient (Wildman–Crippen LogP) is 3.06. The minimum Gasteiger partial charge on any atom is -0.349 e. The first-order valence-electron chi connectivity index (χ1n) is 6.25. The summed E-state index contributed by atoms with van der Waals surface area (Å²) in [4.78, 5) is 17.0. The number of carbonyl (C=O) groups is 1. The number of hydrogen-bond acceptors (Lipinski definition) is 3. The fourth-order valence-electron chi connectivity index (χ4n) is 2.68. The fraction of sp³-hybridized carbons (Fsp3) is 0.0667. The van der Waals surface area contributed by atoms with E-state index >= 15 is 0 Å². The molecule has 0 fully saturated rings. The van der Waals surface area contributed by atoms with Crippen LogP contribution in [0.1, 0.15) is 11.1 Å². The van der Waals surface area contributed by atoms with E-state index in [-0.39, 0.29) is 5.91 Å². The third kappa shape index (κ3) is 1.41. The molecule has 2 aliphatic heterocycles. The van der Waals surface area contributed by atoms with Gasteiger partial charge in [-0.1, -0.05) is 36.4 Å². The normalized spacial score (nSPS) is 22.6. The molecule has 0 radical (unpaired) electrons. The van der Waals surface area contributed by atoms with Gasteiger partial charge >= 0.3 is 0 Å². The maximum absolute atomic E-state index is 12.5. The fourth-order valence-corrected chi connectivity index (χ4v) is 3.29. The van der Waals surface area contributed by atoms with Crippen molar-refractivity contribution in [3.63, 3.8) is 0 Å². The largest absolute Gasteiger partial charge is 0.349 e. The summed E-state index contributed by atoms with van der Waals surface area (Å²) < 4.78 is 0.679. The number of para-hydroxylation sites is 2. The van der Waals surface area contributed by atoms with Crippen molar-refractivity contribution in [1.29, 1.82) is 0 Å². The summed E-state index contributed by atoms with van der Waals surface area (Å²) in [5.41, 5.74) is 2.41. The van der Waals surface area contributed by atoms with Crippen LogP contribution in [0.4, 0.5) is 11.4 Å². The summed E-state index contributed by atoms with van der Waals surface area (Å²) in [5.74, 6) is -0.162. The van der Waals surface area contributed by atoms with Crippen molar-refractivity contribution in [2.45, 2.75) is 5.66 Å². The Labute approximate surface area is 124 Å². The SMILES string of the molecule is O=C1Nc2ccccc2C12N=C(Br)c1ccccc1N2. The number of nitrogens with one attached hydrogen (secondary N) is 2. The maximum Gasteiger partial charge on any atom is 0.277 e. The van der Waals surface area contributed by atoms with E-state index in [1.807, 2.05) is 48.5 Å². The number of hydrogen-bond donors (Lipinski definition) is 2. The van der Waals surface area contributed by atoms with Gasteiger partial charge < -0.3 is 10.6 Å². The molecule has 0 aliphatic carbocycles. The number of amides is 1. The highest BCUT2D eigenvalue weighted by Gasteiger charge is 2.49. The lowest BCUT2D eigenvalue weighted by Gasteiger charge is -2.31. The second-order valence-corrected chi connectivity index (χ2v) is 5.53. The quantitative estimate of drug-likeness (QED) is 0.781. The van der Waals surface area contributed by atoms with Crippen LogP contribution in [-0.2, 0) is 10.5 Å². The van der Waals surface area contributed by atoms with Gasteiger partial charge in [-0.05, 0) is 28.1 Å². The predicted molar refractivity (Wildman–Crippen MR) is 82.3 cm³/mol. The number of aliphatic imine (C=N–C) groups is 1. The van der Waals surface area contributed by atoms with Crippen LogP contribution < -0.4 is 10.6 Å². The first kappa shape index (κ1) is 11.7. The molecule has 2 aliphatic rings. The lowest BCUT2D eigenvalue weighted by Crippen LogP contribution is -2.43. The van der Waals surface area contributed by atoms with Gasteiger partial charge in [-0.15, -0.1) is 0 Å². The Morgan fingerprint density at radius 2 is 1.70 bits per heavy atom. The first-order chi connectivity index (χ1) is 9.71. The summed E-state index contributed by atoms with van der Waals surface area (Å²) in [6.07, 6.45) is 0. The van der Waals surface area contributed by atoms with Crippen LogP contribution in [0.3, 0.4) is 0 Å². The molecule has 0 saturated carbocycles. The third-order valence-electron chi connectivity index (χ3n) is 3.62. The molecular weight excluding hydrogens is 318 g/mol. The molecule has 2 N–H and O–H groups in total. The van der Waals surface area contributed by atoms with Gasteiger partial charge in [0, 0.05) is 22.5 Å². The van der Waals surface area contributed by atoms with E-state index < -0.39 is 5.66 Å². The highest BCUT2D eigenvalue weighted by Crippen LogP contribution is 2.43. The zero-order valence-electron chi connectivity index (χ0n) is 10.4. The van der Waals surface area contributed by atoms with Gasteiger partial charge in [-0.3, -0.25) is 4.79 Å². The van der Waals surface area contributed by atoms with Crippen LogP contribution in [-0.4, -0.2) is 10.5 Å². The van der Waals surface area contributed by atoms with E-state index in [1.54, 1.807) is 0 Å². The molecule has 0 aromatic heterocycles. The molecule has 2 aromatic carbocycles. The van der Waals surface area contributed by atoms with Crippen LogP contribution in [0.25, 0.3) is 0 Å². The second kappa shape index (κ2) is 3.93. The Kier molecular flexibility index (Phi) is 2.29. The van der Waals surface area contributed by atoms with Gasteiger partial charge in [0.15, 0.2) is 0 Å². The van der Waals surface area contributed by atoms with Crippen molar-refractivity contribution < 1.29 is 4.79 Å². The van der Waals surface area contributed by atoms with E-state index in [2.05, 4.69) is 31.6 Å². The molecule has 20 heavy (non-hydrogen) atoms. The number of rotatable bonds is 0. The van der Waals surface area contributed by atoms with Gasteiger partial charge in [0.1, 0.15) is 4.62 Å². The molecule has 2 aromatic rings. The molecule has 1 atom stereocenters. The molecule has 0 saturated heterocycles. The molecule has 2 heterocycles. The van der Waals surface area contributed by atoms with Crippen molar-refractivity contribution in [2.24, 2.45) is 4.99 Å². The molecule has 5 heteroatoms. The van der Waals surface area contributed by atoms with Gasteiger partial charge in [0.05, 0.1) is 0 Å². The topological polar surface area (TPSA) is 53.5 Å².